The average Bonchev–Trinajstić information content (AvgIpc) is 3.11. The lowest BCUT2D eigenvalue weighted by Crippen LogP contribution is -2.57. The number of nitrogens with zero attached hydrogens (tertiary/aromatic N) is 2. The van der Waals surface area contributed by atoms with E-state index >= 15 is 0 Å². The third kappa shape index (κ3) is 12.1. The van der Waals surface area contributed by atoms with E-state index in [-0.39, 0.29) is 62.9 Å². The average molecular weight is 708 g/mol. The standard InChI is InChI=1S/C38H57N7O6/c1-26(2)22-30(33(46)24-29(16-10-11-19-39)35(48)45-20-17-38(41,18-21-45)36(49)50)42-34(47)31(23-27-12-6-4-7-13-27)43-37(51)44(3)32(25-40)28-14-8-5-9-15-28/h4-9,12-15,26,29-32H,10-11,16-25,39-41H2,1-3H3,(H,42,47)(H,43,51)(H,49,50)/t29-,30+,31+,32+/m0/s1. The molecule has 9 N–H and O–H groups in total. The van der Waals surface area contributed by atoms with Crippen molar-refractivity contribution in [2.45, 2.75) is 88.9 Å². The Morgan fingerprint density at radius 3 is 2.06 bits per heavy atom. The number of hydrogen-bond acceptors (Lipinski definition) is 8. The first-order valence-electron chi connectivity index (χ1n) is 18.0. The quantitative estimate of drug-likeness (QED) is 0.118. The number of urea groups is 1. The van der Waals surface area contributed by atoms with Gasteiger partial charge < -0.3 is 42.7 Å². The Morgan fingerprint density at radius 1 is 0.902 bits per heavy atom. The van der Waals surface area contributed by atoms with Crippen molar-refractivity contribution in [2.75, 3.05) is 33.2 Å². The van der Waals surface area contributed by atoms with Gasteiger partial charge in [-0.2, -0.15) is 0 Å². The molecule has 2 aromatic rings. The lowest BCUT2D eigenvalue weighted by atomic mass is 9.86. The van der Waals surface area contributed by atoms with E-state index in [4.69, 9.17) is 17.2 Å². The fourth-order valence-electron chi connectivity index (χ4n) is 6.49. The minimum absolute atomic E-state index is 0.0333. The second-order valence-corrected chi connectivity index (χ2v) is 14.1. The number of carboxylic acid groups (broad SMARTS) is 1. The first-order valence-corrected chi connectivity index (χ1v) is 18.0. The Bertz CT molecular complexity index is 1430. The molecule has 0 unspecified atom stereocenters. The van der Waals surface area contributed by atoms with Crippen LogP contribution in [0.5, 0.6) is 0 Å². The summed E-state index contributed by atoms with van der Waals surface area (Å²) in [4.78, 5) is 70.1. The predicted octanol–water partition coefficient (Wildman–Crippen LogP) is 2.58. The van der Waals surface area contributed by atoms with Crippen LogP contribution in [0.4, 0.5) is 4.79 Å². The van der Waals surface area contributed by atoms with Gasteiger partial charge in [0.2, 0.25) is 11.8 Å². The van der Waals surface area contributed by atoms with Crippen molar-refractivity contribution in [3.05, 3.63) is 71.8 Å². The van der Waals surface area contributed by atoms with Crippen molar-refractivity contribution in [1.29, 1.82) is 0 Å². The molecule has 1 saturated heterocycles. The number of rotatable bonds is 19. The van der Waals surface area contributed by atoms with Crippen LogP contribution in [0, 0.1) is 11.8 Å². The lowest BCUT2D eigenvalue weighted by molar-refractivity contribution is -0.149. The lowest BCUT2D eigenvalue weighted by Gasteiger charge is -2.38. The van der Waals surface area contributed by atoms with Crippen molar-refractivity contribution in [3.63, 3.8) is 0 Å². The number of likely N-dealkylation sites (N-methyl/N-ethyl adjacent to an activating group) is 1. The maximum Gasteiger partial charge on any atom is 0.323 e. The number of benzene rings is 2. The summed E-state index contributed by atoms with van der Waals surface area (Å²) in [6.45, 7) is 4.87. The van der Waals surface area contributed by atoms with Gasteiger partial charge in [-0.3, -0.25) is 19.2 Å². The number of ketones is 1. The van der Waals surface area contributed by atoms with Crippen LogP contribution in [0.25, 0.3) is 0 Å². The smallest absolute Gasteiger partial charge is 0.323 e. The molecule has 0 bridgehead atoms. The predicted molar refractivity (Wildman–Crippen MR) is 196 cm³/mol. The number of carbonyl (C=O) groups excluding carboxylic acids is 4. The van der Waals surface area contributed by atoms with Crippen LogP contribution in [0.15, 0.2) is 60.7 Å². The third-order valence-electron chi connectivity index (χ3n) is 9.70. The highest BCUT2D eigenvalue weighted by molar-refractivity contribution is 5.95. The minimum Gasteiger partial charge on any atom is -0.480 e. The van der Waals surface area contributed by atoms with E-state index in [1.165, 1.54) is 4.90 Å². The van der Waals surface area contributed by atoms with Gasteiger partial charge in [-0.05, 0) is 55.7 Å². The van der Waals surface area contributed by atoms with E-state index in [1.54, 1.807) is 11.9 Å². The van der Waals surface area contributed by atoms with Crippen molar-refractivity contribution >= 4 is 29.6 Å². The normalized spacial score (nSPS) is 16.4. The molecular weight excluding hydrogens is 650 g/mol. The zero-order valence-corrected chi connectivity index (χ0v) is 30.3. The molecule has 0 aliphatic carbocycles. The summed E-state index contributed by atoms with van der Waals surface area (Å²) in [7, 11) is 1.63. The van der Waals surface area contributed by atoms with Crippen LogP contribution >= 0.6 is 0 Å². The maximum absolute atomic E-state index is 14.0. The summed E-state index contributed by atoms with van der Waals surface area (Å²) in [6.07, 6.45) is 2.39. The van der Waals surface area contributed by atoms with Gasteiger partial charge in [0.15, 0.2) is 5.78 Å². The van der Waals surface area contributed by atoms with Gasteiger partial charge in [0.1, 0.15) is 11.6 Å². The molecular formula is C38H57N7O6. The van der Waals surface area contributed by atoms with Crippen molar-refractivity contribution in [2.24, 2.45) is 29.0 Å². The van der Waals surface area contributed by atoms with Gasteiger partial charge in [0.05, 0.1) is 12.1 Å². The number of aliphatic carboxylic acids is 1. The third-order valence-corrected chi connectivity index (χ3v) is 9.70. The summed E-state index contributed by atoms with van der Waals surface area (Å²) in [6, 6.07) is 15.8. The van der Waals surface area contributed by atoms with E-state index in [1.807, 2.05) is 74.5 Å². The van der Waals surface area contributed by atoms with Crippen LogP contribution in [0.3, 0.4) is 0 Å². The molecule has 0 saturated carbocycles. The number of unbranched alkanes of at least 4 members (excludes halogenated alkanes) is 1. The number of carbonyl (C=O) groups is 5. The van der Waals surface area contributed by atoms with Crippen molar-refractivity contribution in [3.8, 4) is 0 Å². The van der Waals surface area contributed by atoms with Gasteiger partial charge in [0.25, 0.3) is 0 Å². The maximum atomic E-state index is 14.0. The van der Waals surface area contributed by atoms with Crippen LogP contribution in [-0.4, -0.2) is 95.4 Å². The highest BCUT2D eigenvalue weighted by Crippen LogP contribution is 2.25. The molecule has 1 aliphatic rings. The molecule has 1 fully saturated rings. The van der Waals surface area contributed by atoms with Crippen LogP contribution in [0.2, 0.25) is 0 Å². The van der Waals surface area contributed by atoms with Crippen LogP contribution < -0.4 is 27.8 Å². The van der Waals surface area contributed by atoms with E-state index in [0.29, 0.717) is 32.2 Å². The molecule has 13 heteroatoms. The molecule has 2 aromatic carbocycles. The number of likely N-dealkylation sites (tertiary alicyclic amines) is 1. The number of nitrogens with one attached hydrogen (secondary N) is 2. The molecule has 4 atom stereocenters. The molecule has 3 rings (SSSR count). The Hall–Kier alpha value is -4.33. The number of amides is 4. The number of piperidine rings is 1. The van der Waals surface area contributed by atoms with Crippen LogP contribution in [-0.2, 0) is 25.6 Å². The van der Waals surface area contributed by atoms with Gasteiger partial charge in [0, 0.05) is 45.4 Å². The highest BCUT2D eigenvalue weighted by atomic mass is 16.4. The molecule has 1 aliphatic heterocycles. The molecule has 280 valence electrons. The van der Waals surface area contributed by atoms with E-state index in [2.05, 4.69) is 10.6 Å². The molecule has 4 amide bonds. The summed E-state index contributed by atoms with van der Waals surface area (Å²) in [5, 5.41) is 15.3. The highest BCUT2D eigenvalue weighted by Gasteiger charge is 2.40. The Kier molecular flexibility index (Phi) is 16.0. The SMILES string of the molecule is CC(C)C[C@@H](NC(=O)[C@@H](Cc1ccccc1)NC(=O)N(C)[C@H](CN)c1ccccc1)C(=O)C[C@H](CCCCN)C(=O)N1CCC(N)(C(=O)O)CC1. The van der Waals surface area contributed by atoms with Gasteiger partial charge in [-0.15, -0.1) is 0 Å². The Balaban J connectivity index is 1.80. The monoisotopic (exact) mass is 707 g/mol. The molecule has 0 aromatic heterocycles. The fraction of sp³-hybridized carbons (Fsp3) is 0.553. The second kappa shape index (κ2) is 19.9. The van der Waals surface area contributed by atoms with E-state index in [0.717, 1.165) is 11.1 Å². The topological polar surface area (TPSA) is 214 Å². The van der Waals surface area contributed by atoms with Crippen molar-refractivity contribution < 1.29 is 29.1 Å². The zero-order chi connectivity index (χ0) is 37.6. The number of Topliss-reactive ketones (excluding diaryl/α,β-unsaturated/α-hetero) is 1. The van der Waals surface area contributed by atoms with Gasteiger partial charge >= 0.3 is 12.0 Å². The molecule has 0 spiro atoms. The fourth-order valence-corrected chi connectivity index (χ4v) is 6.49. The molecule has 0 radical (unpaired) electrons. The summed E-state index contributed by atoms with van der Waals surface area (Å²) in [5.41, 5.74) is 18.1. The molecule has 13 nitrogen and oxygen atoms in total. The first kappa shape index (κ1) is 41.1. The van der Waals surface area contributed by atoms with Gasteiger partial charge in [-0.1, -0.05) is 80.9 Å². The summed E-state index contributed by atoms with van der Waals surface area (Å²) < 4.78 is 0. The summed E-state index contributed by atoms with van der Waals surface area (Å²) >= 11 is 0. The number of carboxylic acids is 1. The first-order chi connectivity index (χ1) is 24.3. The number of nitrogens with two attached hydrogens (primary N) is 3. The number of hydrogen-bond donors (Lipinski definition) is 6. The van der Waals surface area contributed by atoms with E-state index in [9.17, 15) is 29.1 Å². The van der Waals surface area contributed by atoms with Gasteiger partial charge in [-0.25, -0.2) is 4.79 Å². The van der Waals surface area contributed by atoms with E-state index < -0.39 is 47.5 Å². The molecule has 1 heterocycles. The molecule has 51 heavy (non-hydrogen) atoms. The largest absolute Gasteiger partial charge is 0.480 e. The zero-order valence-electron chi connectivity index (χ0n) is 30.3. The summed E-state index contributed by atoms with van der Waals surface area (Å²) in [5.74, 6) is -2.75. The van der Waals surface area contributed by atoms with Crippen LogP contribution in [0.1, 0.15) is 76.0 Å². The van der Waals surface area contributed by atoms with Crippen molar-refractivity contribution in [1.82, 2.24) is 20.4 Å². The second-order valence-electron chi connectivity index (χ2n) is 14.1. The Morgan fingerprint density at radius 2 is 1.51 bits per heavy atom. The Labute approximate surface area is 301 Å². The minimum atomic E-state index is -1.39.